The molecule has 6 nitrogen and oxygen atoms in total. The van der Waals surface area contributed by atoms with Crippen molar-refractivity contribution in [3.63, 3.8) is 0 Å². The van der Waals surface area contributed by atoms with Crippen LogP contribution in [0.25, 0.3) is 0 Å². The predicted molar refractivity (Wildman–Crippen MR) is 117 cm³/mol. The second kappa shape index (κ2) is 9.64. The van der Waals surface area contributed by atoms with E-state index >= 15 is 0 Å². The molecule has 2 aliphatic rings. The maximum Gasteiger partial charge on any atom is 0.416 e. The van der Waals surface area contributed by atoms with E-state index in [0.29, 0.717) is 29.8 Å². The van der Waals surface area contributed by atoms with Gasteiger partial charge in [0.1, 0.15) is 5.92 Å². The molecule has 0 unspecified atom stereocenters. The normalized spacial score (nSPS) is 23.8. The second-order valence-electron chi connectivity index (χ2n) is 8.78. The van der Waals surface area contributed by atoms with Crippen LogP contribution in [-0.4, -0.2) is 30.9 Å². The summed E-state index contributed by atoms with van der Waals surface area (Å²) < 4.78 is 49.8. The highest BCUT2D eigenvalue weighted by Crippen LogP contribution is 2.46. The monoisotopic (exact) mass is 479 g/mol. The van der Waals surface area contributed by atoms with Crippen molar-refractivity contribution in [3.05, 3.63) is 57.9 Å². The number of esters is 2. The van der Waals surface area contributed by atoms with Crippen LogP contribution in [0.5, 0.6) is 0 Å². The first kappa shape index (κ1) is 25.5. The fourth-order valence-corrected chi connectivity index (χ4v) is 4.48. The number of allylic oxidation sites excluding steroid dienone is 3. The van der Waals surface area contributed by atoms with Gasteiger partial charge >= 0.3 is 18.1 Å². The number of halogens is 3. The van der Waals surface area contributed by atoms with Crippen molar-refractivity contribution in [2.45, 2.75) is 58.7 Å². The highest BCUT2D eigenvalue weighted by Gasteiger charge is 2.47. The minimum absolute atomic E-state index is 0.130. The molecule has 1 N–H and O–H groups in total. The SMILES string of the molecule is CC[C@H](C)OC(=O)C1=C(C)NC2=C(C(=O)[C@@H](C(=O)OC)[C@@H](C)C2)[C@@H]1c1ccc(C(F)(F)F)cc1. The molecular weight excluding hydrogens is 451 g/mol. The van der Waals surface area contributed by atoms with Crippen LogP contribution in [0.3, 0.4) is 0 Å². The van der Waals surface area contributed by atoms with Crippen LogP contribution in [0.15, 0.2) is 46.8 Å². The van der Waals surface area contributed by atoms with Gasteiger partial charge in [-0.25, -0.2) is 4.79 Å². The second-order valence-corrected chi connectivity index (χ2v) is 8.78. The molecular formula is C25H28F3NO5. The highest BCUT2D eigenvalue weighted by molar-refractivity contribution is 6.12. The van der Waals surface area contributed by atoms with Gasteiger partial charge in [-0.1, -0.05) is 26.0 Å². The molecule has 1 aliphatic carbocycles. The number of rotatable bonds is 5. The number of carbonyl (C=O) groups is 3. The van der Waals surface area contributed by atoms with Gasteiger partial charge in [0.25, 0.3) is 0 Å². The number of ether oxygens (including phenoxy) is 2. The molecule has 0 amide bonds. The van der Waals surface area contributed by atoms with E-state index in [-0.39, 0.29) is 17.1 Å². The third kappa shape index (κ3) is 4.74. The van der Waals surface area contributed by atoms with Crippen LogP contribution in [0.4, 0.5) is 13.2 Å². The molecule has 3 rings (SSSR count). The number of carbonyl (C=O) groups excluding carboxylic acids is 3. The number of methoxy groups -OCH3 is 1. The minimum Gasteiger partial charge on any atom is -0.468 e. The lowest BCUT2D eigenvalue weighted by atomic mass is 9.69. The Hall–Kier alpha value is -3.10. The molecule has 1 heterocycles. The Morgan fingerprint density at radius 3 is 2.35 bits per heavy atom. The standard InChI is InChI=1S/C25H28F3NO5/c1-6-13(3)34-24(32)19-14(4)29-17-11-12(2)18(23(31)33-5)22(30)21(17)20(19)15-7-9-16(10-8-15)25(26,27)28/h7-10,12-13,18,20,29H,6,11H2,1-5H3/t12-,13-,18-,20+/m0/s1. The summed E-state index contributed by atoms with van der Waals surface area (Å²) in [5.41, 5.74) is 0.776. The smallest absolute Gasteiger partial charge is 0.416 e. The Labute approximate surface area is 196 Å². The van der Waals surface area contributed by atoms with E-state index < -0.39 is 47.4 Å². The van der Waals surface area contributed by atoms with Crippen LogP contribution in [-0.2, 0) is 30.0 Å². The summed E-state index contributed by atoms with van der Waals surface area (Å²) >= 11 is 0. The third-order valence-corrected chi connectivity index (χ3v) is 6.42. The van der Waals surface area contributed by atoms with Crippen molar-refractivity contribution in [1.82, 2.24) is 5.32 Å². The number of ketones is 1. The first-order valence-corrected chi connectivity index (χ1v) is 11.1. The average Bonchev–Trinajstić information content (AvgIpc) is 2.77. The molecule has 0 fully saturated rings. The summed E-state index contributed by atoms with van der Waals surface area (Å²) in [6.07, 6.45) is -4.04. The summed E-state index contributed by atoms with van der Waals surface area (Å²) in [6.45, 7) is 6.99. The summed E-state index contributed by atoms with van der Waals surface area (Å²) in [5, 5.41) is 3.12. The summed E-state index contributed by atoms with van der Waals surface area (Å²) in [4.78, 5) is 39.2. The summed E-state index contributed by atoms with van der Waals surface area (Å²) in [5.74, 6) is -4.29. The number of dihydropyridines is 1. The van der Waals surface area contributed by atoms with E-state index in [4.69, 9.17) is 9.47 Å². The lowest BCUT2D eigenvalue weighted by Crippen LogP contribution is -2.43. The zero-order valence-electron chi connectivity index (χ0n) is 19.7. The largest absolute Gasteiger partial charge is 0.468 e. The molecule has 0 spiro atoms. The summed E-state index contributed by atoms with van der Waals surface area (Å²) in [6, 6.07) is 4.34. The quantitative estimate of drug-likeness (QED) is 0.489. The van der Waals surface area contributed by atoms with Crippen molar-refractivity contribution in [2.75, 3.05) is 7.11 Å². The lowest BCUT2D eigenvalue weighted by molar-refractivity contribution is -0.151. The van der Waals surface area contributed by atoms with Crippen LogP contribution in [0, 0.1) is 11.8 Å². The van der Waals surface area contributed by atoms with Crippen LogP contribution in [0.1, 0.15) is 57.6 Å². The number of hydrogen-bond acceptors (Lipinski definition) is 6. The Bertz CT molecular complexity index is 1060. The van der Waals surface area contributed by atoms with Gasteiger partial charge in [0, 0.05) is 22.9 Å². The highest BCUT2D eigenvalue weighted by atomic mass is 19.4. The molecule has 0 saturated heterocycles. The van der Waals surface area contributed by atoms with Gasteiger partial charge in [-0.3, -0.25) is 9.59 Å². The topological polar surface area (TPSA) is 81.7 Å². The maximum absolute atomic E-state index is 13.6. The van der Waals surface area contributed by atoms with Crippen molar-refractivity contribution in [3.8, 4) is 0 Å². The van der Waals surface area contributed by atoms with E-state index in [1.165, 1.54) is 19.2 Å². The number of nitrogens with one attached hydrogen (secondary N) is 1. The third-order valence-electron chi connectivity index (χ3n) is 6.42. The Morgan fingerprint density at radius 2 is 1.82 bits per heavy atom. The van der Waals surface area contributed by atoms with E-state index in [1.54, 1.807) is 20.8 Å². The van der Waals surface area contributed by atoms with Crippen molar-refractivity contribution in [2.24, 2.45) is 11.8 Å². The molecule has 0 bridgehead atoms. The molecule has 9 heteroatoms. The van der Waals surface area contributed by atoms with Gasteiger partial charge in [0.2, 0.25) is 0 Å². The van der Waals surface area contributed by atoms with Gasteiger partial charge in [-0.15, -0.1) is 0 Å². The molecule has 1 aromatic rings. The maximum atomic E-state index is 13.6. The lowest BCUT2D eigenvalue weighted by Gasteiger charge is -2.38. The molecule has 1 aliphatic heterocycles. The number of benzene rings is 1. The first-order valence-electron chi connectivity index (χ1n) is 11.1. The van der Waals surface area contributed by atoms with Crippen molar-refractivity contribution >= 4 is 17.7 Å². The first-order chi connectivity index (χ1) is 15.9. The van der Waals surface area contributed by atoms with Crippen LogP contribution in [0.2, 0.25) is 0 Å². The molecule has 0 saturated carbocycles. The van der Waals surface area contributed by atoms with Crippen LogP contribution < -0.4 is 5.32 Å². The zero-order valence-corrected chi connectivity index (χ0v) is 19.7. The predicted octanol–water partition coefficient (Wildman–Crippen LogP) is 4.66. The van der Waals surface area contributed by atoms with Gasteiger partial charge in [0.15, 0.2) is 5.78 Å². The van der Waals surface area contributed by atoms with Gasteiger partial charge in [-0.05, 0) is 50.3 Å². The Kier molecular flexibility index (Phi) is 7.24. The fraction of sp³-hybridized carbons (Fsp3) is 0.480. The van der Waals surface area contributed by atoms with E-state index in [1.807, 2.05) is 6.92 Å². The number of alkyl halides is 3. The average molecular weight is 479 g/mol. The van der Waals surface area contributed by atoms with Gasteiger partial charge in [-0.2, -0.15) is 13.2 Å². The van der Waals surface area contributed by atoms with E-state index in [2.05, 4.69) is 5.32 Å². The van der Waals surface area contributed by atoms with Crippen LogP contribution >= 0.6 is 0 Å². The zero-order chi connectivity index (χ0) is 25.4. The van der Waals surface area contributed by atoms with E-state index in [9.17, 15) is 27.6 Å². The van der Waals surface area contributed by atoms with Gasteiger partial charge in [0.05, 0.1) is 24.4 Å². The Morgan fingerprint density at radius 1 is 1.21 bits per heavy atom. The molecule has 34 heavy (non-hydrogen) atoms. The Balaban J connectivity index is 2.17. The molecule has 4 atom stereocenters. The fourth-order valence-electron chi connectivity index (χ4n) is 4.48. The number of hydrogen-bond donors (Lipinski definition) is 1. The van der Waals surface area contributed by atoms with Crippen molar-refractivity contribution < 1.29 is 37.0 Å². The molecule has 0 aromatic heterocycles. The van der Waals surface area contributed by atoms with Crippen molar-refractivity contribution in [1.29, 1.82) is 0 Å². The van der Waals surface area contributed by atoms with E-state index in [0.717, 1.165) is 12.1 Å². The number of Topliss-reactive ketones (excluding diaryl/α,β-unsaturated/α-hetero) is 1. The molecule has 0 radical (unpaired) electrons. The molecule has 184 valence electrons. The minimum atomic E-state index is -4.53. The summed E-state index contributed by atoms with van der Waals surface area (Å²) in [7, 11) is 1.19. The van der Waals surface area contributed by atoms with Gasteiger partial charge < -0.3 is 14.8 Å². The molecule has 1 aromatic carbocycles.